The van der Waals surface area contributed by atoms with Crippen LogP contribution in [0.15, 0.2) is 0 Å². The van der Waals surface area contributed by atoms with Gasteiger partial charge >= 0.3 is 0 Å². The summed E-state index contributed by atoms with van der Waals surface area (Å²) in [7, 11) is 0. The molecule has 0 radical (unpaired) electrons. The van der Waals surface area contributed by atoms with Crippen molar-refractivity contribution in [3.63, 3.8) is 0 Å². The number of hydrogen-bond acceptors (Lipinski definition) is 6. The third-order valence-corrected chi connectivity index (χ3v) is 6.27. The lowest BCUT2D eigenvalue weighted by molar-refractivity contribution is -0.236. The topological polar surface area (TPSA) is 102 Å². The van der Waals surface area contributed by atoms with Crippen LogP contribution in [0.2, 0.25) is 0 Å². The van der Waals surface area contributed by atoms with Crippen LogP contribution in [0, 0.1) is 0 Å². The third kappa shape index (κ3) is 12.0. The van der Waals surface area contributed by atoms with E-state index in [-0.39, 0.29) is 6.61 Å². The first-order chi connectivity index (χ1) is 14.6. The number of rotatable bonds is 19. The zero-order valence-electron chi connectivity index (χ0n) is 19.3. The molecule has 1 rings (SSSR count). The fourth-order valence-corrected chi connectivity index (χ4v) is 4.19. The van der Waals surface area contributed by atoms with Gasteiger partial charge in [0.2, 0.25) is 0 Å². The zero-order valence-corrected chi connectivity index (χ0v) is 19.3. The Balaban J connectivity index is 1.85. The van der Waals surface area contributed by atoms with Crippen LogP contribution in [0.3, 0.4) is 0 Å². The molecule has 6 nitrogen and oxygen atoms in total. The van der Waals surface area contributed by atoms with Crippen molar-refractivity contribution in [2.24, 2.45) is 0 Å². The van der Waals surface area contributed by atoms with Crippen LogP contribution in [0.1, 0.15) is 110 Å². The number of nitrogens with one attached hydrogen (secondary N) is 1. The van der Waals surface area contributed by atoms with Gasteiger partial charge in [-0.05, 0) is 13.0 Å². The van der Waals surface area contributed by atoms with Gasteiger partial charge in [-0.25, -0.2) is 0 Å². The Morgan fingerprint density at radius 1 is 0.600 bits per heavy atom. The Hall–Kier alpha value is -0.240. The van der Waals surface area contributed by atoms with Gasteiger partial charge in [0.15, 0.2) is 0 Å². The molecule has 1 saturated heterocycles. The lowest BCUT2D eigenvalue weighted by atomic mass is 9.98. The first-order valence-corrected chi connectivity index (χ1v) is 12.7. The minimum absolute atomic E-state index is 0.387. The molecule has 5 atom stereocenters. The highest BCUT2D eigenvalue weighted by Crippen LogP contribution is 2.20. The van der Waals surface area contributed by atoms with Gasteiger partial charge in [0.25, 0.3) is 0 Å². The summed E-state index contributed by atoms with van der Waals surface area (Å²) in [6.07, 6.45) is 15.9. The van der Waals surface area contributed by atoms with E-state index in [1.807, 2.05) is 0 Å². The molecule has 0 unspecified atom stereocenters. The molecule has 0 aromatic heterocycles. The molecule has 1 fully saturated rings. The smallest absolute Gasteiger partial charge is 0.137 e. The second-order valence-electron chi connectivity index (χ2n) is 9.01. The molecule has 1 aliphatic heterocycles. The summed E-state index contributed by atoms with van der Waals surface area (Å²) in [5.74, 6) is 0. The largest absolute Gasteiger partial charge is 0.394 e. The monoisotopic (exact) mass is 431 g/mol. The van der Waals surface area contributed by atoms with Gasteiger partial charge in [0, 0.05) is 0 Å². The molecule has 0 aromatic carbocycles. The molecule has 0 aliphatic carbocycles. The van der Waals surface area contributed by atoms with E-state index in [2.05, 4.69) is 12.2 Å². The standard InChI is InChI=1S/C24H49NO5/c1-2-3-4-5-6-7-8-9-10-11-12-13-14-15-16-17-18-25-24-23(29)22(28)21(27)20(19-26)30-24/h20-29H,2-19H2,1H3/t20-,21-,22+,23-,24-/m1/s1. The van der Waals surface area contributed by atoms with E-state index in [9.17, 15) is 20.4 Å². The average molecular weight is 432 g/mol. The highest BCUT2D eigenvalue weighted by molar-refractivity contribution is 4.90. The highest BCUT2D eigenvalue weighted by atomic mass is 16.6. The molecule has 0 aromatic rings. The van der Waals surface area contributed by atoms with Gasteiger partial charge in [0.05, 0.1) is 6.61 Å². The summed E-state index contributed by atoms with van der Waals surface area (Å²) < 4.78 is 5.44. The molecule has 5 N–H and O–H groups in total. The molecule has 1 heterocycles. The maximum absolute atomic E-state index is 9.98. The van der Waals surface area contributed by atoms with E-state index in [0.29, 0.717) is 6.54 Å². The Morgan fingerprint density at radius 3 is 1.47 bits per heavy atom. The molecule has 0 bridgehead atoms. The first kappa shape index (κ1) is 27.8. The number of aliphatic hydroxyl groups excluding tert-OH is 4. The number of hydrogen-bond donors (Lipinski definition) is 5. The Bertz CT molecular complexity index is 383. The Labute approximate surface area is 184 Å². The van der Waals surface area contributed by atoms with Crippen molar-refractivity contribution in [3.8, 4) is 0 Å². The molecule has 0 spiro atoms. The van der Waals surface area contributed by atoms with Crippen LogP contribution in [-0.4, -0.2) is 64.2 Å². The Morgan fingerprint density at radius 2 is 1.03 bits per heavy atom. The van der Waals surface area contributed by atoms with Crippen molar-refractivity contribution in [2.45, 2.75) is 140 Å². The minimum Gasteiger partial charge on any atom is -0.394 e. The van der Waals surface area contributed by atoms with Crippen LogP contribution in [0.5, 0.6) is 0 Å². The molecular formula is C24H49NO5. The quantitative estimate of drug-likeness (QED) is 0.200. The highest BCUT2D eigenvalue weighted by Gasteiger charge is 2.42. The summed E-state index contributed by atoms with van der Waals surface area (Å²) in [5.41, 5.74) is 0. The maximum Gasteiger partial charge on any atom is 0.137 e. The van der Waals surface area contributed by atoms with E-state index >= 15 is 0 Å². The number of ether oxygens (including phenoxy) is 1. The van der Waals surface area contributed by atoms with E-state index in [1.54, 1.807) is 0 Å². The van der Waals surface area contributed by atoms with Gasteiger partial charge in [0.1, 0.15) is 30.6 Å². The predicted molar refractivity (Wildman–Crippen MR) is 121 cm³/mol. The van der Waals surface area contributed by atoms with Gasteiger partial charge in [-0.1, -0.05) is 103 Å². The Kier molecular flexibility index (Phi) is 17.0. The minimum atomic E-state index is -1.31. The molecule has 30 heavy (non-hydrogen) atoms. The SMILES string of the molecule is CCCCCCCCCCCCCCCCCCN[C@@H]1O[C@H](CO)[C@@H](O)[C@H](O)[C@H]1O. The molecule has 0 amide bonds. The molecular weight excluding hydrogens is 382 g/mol. The van der Waals surface area contributed by atoms with E-state index < -0.39 is 30.6 Å². The summed E-state index contributed by atoms with van der Waals surface area (Å²) in [4.78, 5) is 0. The third-order valence-electron chi connectivity index (χ3n) is 6.27. The van der Waals surface area contributed by atoms with E-state index in [0.717, 1.165) is 12.8 Å². The van der Waals surface area contributed by atoms with E-state index in [1.165, 1.54) is 89.9 Å². The number of unbranched alkanes of at least 4 members (excludes halogenated alkanes) is 15. The fourth-order valence-electron chi connectivity index (χ4n) is 4.19. The van der Waals surface area contributed by atoms with Gasteiger partial charge in [-0.3, -0.25) is 5.32 Å². The maximum atomic E-state index is 9.98. The predicted octanol–water partition coefficient (Wildman–Crippen LogP) is 3.64. The van der Waals surface area contributed by atoms with Crippen LogP contribution in [0.4, 0.5) is 0 Å². The van der Waals surface area contributed by atoms with Gasteiger partial charge in [-0.15, -0.1) is 0 Å². The second kappa shape index (κ2) is 18.3. The summed E-state index contributed by atoms with van der Waals surface area (Å²) in [6, 6.07) is 0. The van der Waals surface area contributed by atoms with Gasteiger partial charge in [-0.2, -0.15) is 0 Å². The van der Waals surface area contributed by atoms with E-state index in [4.69, 9.17) is 4.74 Å². The first-order valence-electron chi connectivity index (χ1n) is 12.7. The van der Waals surface area contributed by atoms with Crippen molar-refractivity contribution in [2.75, 3.05) is 13.2 Å². The van der Waals surface area contributed by atoms with Crippen molar-refractivity contribution < 1.29 is 25.2 Å². The second-order valence-corrected chi connectivity index (χ2v) is 9.01. The molecule has 0 saturated carbocycles. The van der Waals surface area contributed by atoms with Crippen molar-refractivity contribution in [3.05, 3.63) is 0 Å². The van der Waals surface area contributed by atoms with Crippen molar-refractivity contribution >= 4 is 0 Å². The van der Waals surface area contributed by atoms with Crippen LogP contribution in [0.25, 0.3) is 0 Å². The summed E-state index contributed by atoms with van der Waals surface area (Å²) >= 11 is 0. The van der Waals surface area contributed by atoms with Gasteiger partial charge < -0.3 is 25.2 Å². The van der Waals surface area contributed by atoms with Crippen LogP contribution >= 0.6 is 0 Å². The normalized spacial score (nSPS) is 26.9. The lowest BCUT2D eigenvalue weighted by Crippen LogP contribution is -2.62. The van der Waals surface area contributed by atoms with Crippen molar-refractivity contribution in [1.29, 1.82) is 0 Å². The molecule has 180 valence electrons. The van der Waals surface area contributed by atoms with Crippen LogP contribution < -0.4 is 5.32 Å². The number of aliphatic hydroxyl groups is 4. The summed E-state index contributed by atoms with van der Waals surface area (Å²) in [6.45, 7) is 2.56. The zero-order chi connectivity index (χ0) is 22.0. The van der Waals surface area contributed by atoms with Crippen molar-refractivity contribution in [1.82, 2.24) is 5.32 Å². The van der Waals surface area contributed by atoms with Crippen LogP contribution in [-0.2, 0) is 4.74 Å². The molecule has 1 aliphatic rings. The average Bonchev–Trinajstić information content (AvgIpc) is 2.75. The molecule has 6 heteroatoms. The fraction of sp³-hybridized carbons (Fsp3) is 1.00. The lowest BCUT2D eigenvalue weighted by Gasteiger charge is -2.40. The summed E-state index contributed by atoms with van der Waals surface area (Å²) in [5, 5.41) is 41.8.